The van der Waals surface area contributed by atoms with Crippen LogP contribution in [0.25, 0.3) is 0 Å². The molecule has 0 aliphatic carbocycles. The summed E-state index contributed by atoms with van der Waals surface area (Å²) in [7, 11) is 0.691. The van der Waals surface area contributed by atoms with Crippen LogP contribution in [0.3, 0.4) is 0 Å². The maximum absolute atomic E-state index is 12.7. The topological polar surface area (TPSA) is 76.1 Å². The first-order valence-corrected chi connectivity index (χ1v) is 10.9. The lowest BCUT2D eigenvalue weighted by Gasteiger charge is -2.60. The molecule has 134 valence electrons. The van der Waals surface area contributed by atoms with Crippen LogP contribution in [0.4, 0.5) is 0 Å². The average molecular weight is 346 g/mol. The molecule has 1 N–H and O–H groups in total. The minimum Gasteiger partial charge on any atom is -0.393 e. The van der Waals surface area contributed by atoms with E-state index in [4.69, 9.17) is 9.47 Å². The second kappa shape index (κ2) is 6.62. The Balaban J connectivity index is 3.21. The molecule has 1 fully saturated rings. The molecule has 7 heteroatoms. The molecule has 0 spiro atoms. The van der Waals surface area contributed by atoms with Crippen molar-refractivity contribution in [1.29, 1.82) is 0 Å². The SMILES string of the molecule is COC(C=O)(CC1C(C(C)O)C(=O)N1[Si](C)(C)C(C)(C)C)OC. The van der Waals surface area contributed by atoms with Gasteiger partial charge in [0.05, 0.1) is 12.0 Å². The van der Waals surface area contributed by atoms with E-state index in [1.165, 1.54) is 14.2 Å². The summed E-state index contributed by atoms with van der Waals surface area (Å²) in [6, 6.07) is -0.270. The van der Waals surface area contributed by atoms with Crippen LogP contribution in [0, 0.1) is 5.92 Å². The lowest BCUT2D eigenvalue weighted by Crippen LogP contribution is -2.75. The number of carbonyl (C=O) groups excluding carboxylic acids is 2. The number of aliphatic hydroxyl groups is 1. The van der Waals surface area contributed by atoms with E-state index in [-0.39, 0.29) is 23.4 Å². The van der Waals surface area contributed by atoms with Crippen molar-refractivity contribution < 1.29 is 24.2 Å². The lowest BCUT2D eigenvalue weighted by molar-refractivity contribution is -0.212. The van der Waals surface area contributed by atoms with Gasteiger partial charge in [-0.3, -0.25) is 9.59 Å². The Morgan fingerprint density at radius 1 is 1.30 bits per heavy atom. The van der Waals surface area contributed by atoms with Crippen LogP contribution in [-0.4, -0.2) is 62.3 Å². The maximum atomic E-state index is 12.7. The molecule has 6 nitrogen and oxygen atoms in total. The zero-order chi connectivity index (χ0) is 18.2. The fraction of sp³-hybridized carbons (Fsp3) is 0.875. The monoisotopic (exact) mass is 345 g/mol. The fourth-order valence-corrected chi connectivity index (χ4v) is 5.55. The van der Waals surface area contributed by atoms with Crippen LogP contribution in [0.1, 0.15) is 34.1 Å². The summed E-state index contributed by atoms with van der Waals surface area (Å²) in [5, 5.41) is 9.98. The van der Waals surface area contributed by atoms with E-state index in [0.29, 0.717) is 6.29 Å². The molecule has 3 unspecified atom stereocenters. The number of rotatable bonds is 7. The first kappa shape index (κ1) is 20.3. The van der Waals surface area contributed by atoms with Gasteiger partial charge >= 0.3 is 0 Å². The third-order valence-electron chi connectivity index (χ3n) is 5.59. The lowest BCUT2D eigenvalue weighted by atomic mass is 9.82. The first-order valence-electron chi connectivity index (χ1n) is 7.96. The Morgan fingerprint density at radius 3 is 2.09 bits per heavy atom. The molecule has 0 aromatic heterocycles. The molecule has 23 heavy (non-hydrogen) atoms. The molecular formula is C16H31NO5Si. The first-order chi connectivity index (χ1) is 10.4. The highest BCUT2D eigenvalue weighted by Crippen LogP contribution is 2.47. The summed E-state index contributed by atoms with van der Waals surface area (Å²) >= 11 is 0. The van der Waals surface area contributed by atoms with E-state index in [1.807, 2.05) is 4.57 Å². The second-order valence-corrected chi connectivity index (χ2v) is 13.0. The van der Waals surface area contributed by atoms with Gasteiger partial charge in [0.2, 0.25) is 11.7 Å². The normalized spacial score (nSPS) is 24.4. The molecule has 1 heterocycles. The van der Waals surface area contributed by atoms with E-state index in [0.717, 1.165) is 0 Å². The van der Waals surface area contributed by atoms with Crippen LogP contribution in [0.5, 0.6) is 0 Å². The Bertz CT molecular complexity index is 454. The molecule has 1 amide bonds. The quantitative estimate of drug-likeness (QED) is 0.329. The number of amides is 1. The van der Waals surface area contributed by atoms with Crippen molar-refractivity contribution in [2.75, 3.05) is 14.2 Å². The Kier molecular flexibility index (Phi) is 5.84. The number of methoxy groups -OCH3 is 2. The van der Waals surface area contributed by atoms with Crippen LogP contribution in [0.15, 0.2) is 0 Å². The molecule has 1 rings (SSSR count). The fourth-order valence-electron chi connectivity index (χ4n) is 3.05. The molecule has 0 radical (unpaired) electrons. The third kappa shape index (κ3) is 3.38. The van der Waals surface area contributed by atoms with E-state index in [9.17, 15) is 14.7 Å². The Hall–Kier alpha value is -0.763. The van der Waals surface area contributed by atoms with E-state index in [2.05, 4.69) is 33.9 Å². The standard InChI is InChI=1S/C16H31NO5Si/c1-11(19)13-12(9-16(10-18,21-5)22-6)17(14(13)20)23(7,8)15(2,3)4/h10-13,19H,9H2,1-8H3. The summed E-state index contributed by atoms with van der Waals surface area (Å²) < 4.78 is 12.4. The average Bonchev–Trinajstić information content (AvgIpc) is 2.41. The number of hydrogen-bond acceptors (Lipinski definition) is 5. The number of nitrogens with zero attached hydrogens (tertiary/aromatic N) is 1. The second-order valence-electron chi connectivity index (χ2n) is 7.89. The highest BCUT2D eigenvalue weighted by Gasteiger charge is 2.60. The van der Waals surface area contributed by atoms with Gasteiger partial charge in [0.25, 0.3) is 0 Å². The van der Waals surface area contributed by atoms with E-state index >= 15 is 0 Å². The summed E-state index contributed by atoms with van der Waals surface area (Å²) in [6.45, 7) is 12.3. The minimum absolute atomic E-state index is 0.0332. The van der Waals surface area contributed by atoms with Crippen molar-refractivity contribution in [2.24, 2.45) is 5.92 Å². The number of hydrogen-bond donors (Lipinski definition) is 1. The number of carbonyl (C=O) groups is 2. The van der Waals surface area contributed by atoms with E-state index < -0.39 is 26.0 Å². The predicted molar refractivity (Wildman–Crippen MR) is 90.4 cm³/mol. The van der Waals surface area contributed by atoms with Crippen LogP contribution in [-0.2, 0) is 19.1 Å². The summed E-state index contributed by atoms with van der Waals surface area (Å²) in [4.78, 5) is 24.2. The van der Waals surface area contributed by atoms with Gasteiger partial charge in [-0.15, -0.1) is 0 Å². The zero-order valence-corrected chi connectivity index (χ0v) is 16.5. The highest BCUT2D eigenvalue weighted by atomic mass is 28.3. The largest absolute Gasteiger partial charge is 0.393 e. The highest BCUT2D eigenvalue weighted by molar-refractivity contribution is 6.80. The van der Waals surface area contributed by atoms with Crippen molar-refractivity contribution in [3.63, 3.8) is 0 Å². The number of ether oxygens (including phenoxy) is 2. The molecular weight excluding hydrogens is 314 g/mol. The number of aliphatic hydroxyl groups excluding tert-OH is 1. The van der Waals surface area contributed by atoms with Crippen LogP contribution < -0.4 is 0 Å². The molecule has 0 saturated carbocycles. The molecule has 1 saturated heterocycles. The maximum Gasteiger partial charge on any atom is 0.227 e. The van der Waals surface area contributed by atoms with Gasteiger partial charge in [-0.05, 0) is 12.0 Å². The smallest absolute Gasteiger partial charge is 0.227 e. The molecule has 3 atom stereocenters. The molecule has 1 aliphatic rings. The predicted octanol–water partition coefficient (Wildman–Crippen LogP) is 1.78. The molecule has 0 aromatic rings. The van der Waals surface area contributed by atoms with Gasteiger partial charge in [0, 0.05) is 26.7 Å². The van der Waals surface area contributed by atoms with Crippen molar-refractivity contribution in [3.05, 3.63) is 0 Å². The van der Waals surface area contributed by atoms with E-state index in [1.54, 1.807) is 6.92 Å². The van der Waals surface area contributed by atoms with Crippen molar-refractivity contribution >= 4 is 20.4 Å². The van der Waals surface area contributed by atoms with Gasteiger partial charge < -0.3 is 19.1 Å². The molecule has 0 aromatic carbocycles. The number of β-lactam (4-membered cyclic amide) rings is 1. The summed E-state index contributed by atoms with van der Waals surface area (Å²) in [5.41, 5.74) is 0. The summed E-state index contributed by atoms with van der Waals surface area (Å²) in [5.74, 6) is -1.95. The molecule has 0 bridgehead atoms. The third-order valence-corrected chi connectivity index (χ3v) is 11.0. The van der Waals surface area contributed by atoms with Gasteiger partial charge in [0.15, 0.2) is 14.5 Å². The van der Waals surface area contributed by atoms with Crippen molar-refractivity contribution in [2.45, 2.75) is 70.2 Å². The van der Waals surface area contributed by atoms with Crippen LogP contribution >= 0.6 is 0 Å². The van der Waals surface area contributed by atoms with Crippen molar-refractivity contribution in [1.82, 2.24) is 4.57 Å². The van der Waals surface area contributed by atoms with Gasteiger partial charge in [-0.1, -0.05) is 33.9 Å². The summed E-state index contributed by atoms with van der Waals surface area (Å²) in [6.07, 6.45) is 0.0716. The van der Waals surface area contributed by atoms with Crippen LogP contribution in [0.2, 0.25) is 18.1 Å². The van der Waals surface area contributed by atoms with Gasteiger partial charge in [-0.25, -0.2) is 0 Å². The minimum atomic E-state index is -2.13. The number of aldehydes is 1. The van der Waals surface area contributed by atoms with Gasteiger partial charge in [0.1, 0.15) is 0 Å². The Labute approximate surface area is 140 Å². The Morgan fingerprint density at radius 2 is 1.78 bits per heavy atom. The zero-order valence-electron chi connectivity index (χ0n) is 15.5. The van der Waals surface area contributed by atoms with Gasteiger partial charge in [-0.2, -0.15) is 0 Å². The van der Waals surface area contributed by atoms with Crippen molar-refractivity contribution in [3.8, 4) is 0 Å². The molecule has 1 aliphatic heterocycles.